The topological polar surface area (TPSA) is 33.2 Å². The van der Waals surface area contributed by atoms with E-state index in [0.29, 0.717) is 6.42 Å². The van der Waals surface area contributed by atoms with Crippen LogP contribution in [-0.4, -0.2) is 35.8 Å². The lowest BCUT2D eigenvalue weighted by atomic mass is 10.1. The Bertz CT molecular complexity index is 351. The standard InChI is InChI=1S/C12H18N2OS/c1-2-14-5-3-10(9-14)7-12-13-8-11(16-12)4-6-15/h6,8,10H,2-5,7,9H2,1H3. The Morgan fingerprint density at radius 1 is 1.69 bits per heavy atom. The SMILES string of the molecule is CCN1CCC(Cc2ncc(CC=O)s2)C1. The minimum absolute atomic E-state index is 0.517. The summed E-state index contributed by atoms with van der Waals surface area (Å²) in [5, 5.41) is 1.19. The molecule has 1 atom stereocenters. The summed E-state index contributed by atoms with van der Waals surface area (Å²) in [5.74, 6) is 0.759. The summed E-state index contributed by atoms with van der Waals surface area (Å²) in [6.07, 6.45) is 5.69. The zero-order chi connectivity index (χ0) is 11.4. The maximum atomic E-state index is 10.4. The Hall–Kier alpha value is -0.740. The predicted octanol–water partition coefficient (Wildman–Crippen LogP) is 1.77. The van der Waals surface area contributed by atoms with Crippen LogP contribution in [0.25, 0.3) is 0 Å². The van der Waals surface area contributed by atoms with Crippen molar-refractivity contribution in [2.24, 2.45) is 5.92 Å². The van der Waals surface area contributed by atoms with Crippen LogP contribution < -0.4 is 0 Å². The Balaban J connectivity index is 1.86. The van der Waals surface area contributed by atoms with Gasteiger partial charge in [-0.05, 0) is 25.4 Å². The second-order valence-electron chi connectivity index (χ2n) is 4.34. The highest BCUT2D eigenvalue weighted by Gasteiger charge is 2.22. The van der Waals surface area contributed by atoms with Gasteiger partial charge in [-0.2, -0.15) is 0 Å². The monoisotopic (exact) mass is 238 g/mol. The molecule has 1 unspecified atom stereocenters. The minimum Gasteiger partial charge on any atom is -0.303 e. The van der Waals surface area contributed by atoms with E-state index >= 15 is 0 Å². The largest absolute Gasteiger partial charge is 0.303 e. The van der Waals surface area contributed by atoms with Crippen molar-refractivity contribution in [2.45, 2.75) is 26.2 Å². The molecule has 88 valence electrons. The van der Waals surface area contributed by atoms with E-state index in [4.69, 9.17) is 0 Å². The van der Waals surface area contributed by atoms with Gasteiger partial charge in [0.05, 0.1) is 5.01 Å². The van der Waals surface area contributed by atoms with E-state index < -0.39 is 0 Å². The molecule has 1 aromatic rings. The van der Waals surface area contributed by atoms with Gasteiger partial charge in [0.1, 0.15) is 6.29 Å². The van der Waals surface area contributed by atoms with Crippen molar-refractivity contribution in [3.05, 3.63) is 16.1 Å². The zero-order valence-electron chi connectivity index (χ0n) is 9.69. The van der Waals surface area contributed by atoms with Crippen LogP contribution in [-0.2, 0) is 17.6 Å². The van der Waals surface area contributed by atoms with Crippen molar-refractivity contribution in [1.82, 2.24) is 9.88 Å². The van der Waals surface area contributed by atoms with Gasteiger partial charge in [0.15, 0.2) is 0 Å². The van der Waals surface area contributed by atoms with E-state index in [9.17, 15) is 4.79 Å². The Morgan fingerprint density at radius 3 is 3.25 bits per heavy atom. The number of likely N-dealkylation sites (tertiary alicyclic amines) is 1. The van der Waals surface area contributed by atoms with Gasteiger partial charge < -0.3 is 9.69 Å². The first-order valence-electron chi connectivity index (χ1n) is 5.91. The molecule has 0 aliphatic carbocycles. The minimum atomic E-state index is 0.517. The van der Waals surface area contributed by atoms with Crippen molar-refractivity contribution in [2.75, 3.05) is 19.6 Å². The maximum Gasteiger partial charge on any atom is 0.125 e. The predicted molar refractivity (Wildman–Crippen MR) is 65.8 cm³/mol. The van der Waals surface area contributed by atoms with Gasteiger partial charge in [-0.15, -0.1) is 11.3 Å². The molecular formula is C12H18N2OS. The molecule has 0 amide bonds. The third-order valence-electron chi connectivity index (χ3n) is 3.17. The van der Waals surface area contributed by atoms with Crippen LogP contribution in [0.15, 0.2) is 6.20 Å². The molecule has 1 fully saturated rings. The quantitative estimate of drug-likeness (QED) is 0.733. The molecule has 0 N–H and O–H groups in total. The first-order valence-corrected chi connectivity index (χ1v) is 6.73. The molecule has 4 heteroatoms. The highest BCUT2D eigenvalue weighted by molar-refractivity contribution is 7.11. The molecule has 1 aliphatic heterocycles. The first kappa shape index (κ1) is 11.7. The molecule has 3 nitrogen and oxygen atoms in total. The second-order valence-corrected chi connectivity index (χ2v) is 5.54. The number of aromatic nitrogens is 1. The van der Waals surface area contributed by atoms with Crippen LogP contribution >= 0.6 is 11.3 Å². The fourth-order valence-electron chi connectivity index (χ4n) is 2.23. The van der Waals surface area contributed by atoms with Gasteiger partial charge >= 0.3 is 0 Å². The highest BCUT2D eigenvalue weighted by atomic mass is 32.1. The molecule has 0 aromatic carbocycles. The maximum absolute atomic E-state index is 10.4. The molecule has 1 aromatic heterocycles. The van der Waals surface area contributed by atoms with E-state index in [-0.39, 0.29) is 0 Å². The van der Waals surface area contributed by atoms with Crippen LogP contribution in [0.5, 0.6) is 0 Å². The van der Waals surface area contributed by atoms with E-state index in [1.54, 1.807) is 11.3 Å². The second kappa shape index (κ2) is 5.55. The lowest BCUT2D eigenvalue weighted by molar-refractivity contribution is -0.107. The van der Waals surface area contributed by atoms with Crippen molar-refractivity contribution in [3.63, 3.8) is 0 Å². The normalized spacial score (nSPS) is 21.4. The zero-order valence-corrected chi connectivity index (χ0v) is 10.5. The number of thiazole rings is 1. The number of carbonyl (C=O) groups excluding carboxylic acids is 1. The lowest BCUT2D eigenvalue weighted by Crippen LogP contribution is -2.20. The summed E-state index contributed by atoms with van der Waals surface area (Å²) < 4.78 is 0. The third kappa shape index (κ3) is 2.89. The van der Waals surface area contributed by atoms with Gasteiger partial charge in [0, 0.05) is 30.5 Å². The van der Waals surface area contributed by atoms with Crippen molar-refractivity contribution in [1.29, 1.82) is 0 Å². The number of carbonyl (C=O) groups is 1. The smallest absolute Gasteiger partial charge is 0.125 e. The summed E-state index contributed by atoms with van der Waals surface area (Å²) in [6.45, 7) is 5.81. The molecule has 0 bridgehead atoms. The molecular weight excluding hydrogens is 220 g/mol. The molecule has 0 radical (unpaired) electrons. The van der Waals surface area contributed by atoms with E-state index in [1.807, 2.05) is 6.20 Å². The number of hydrogen-bond donors (Lipinski definition) is 0. The van der Waals surface area contributed by atoms with Gasteiger partial charge in [-0.3, -0.25) is 0 Å². The number of hydrogen-bond acceptors (Lipinski definition) is 4. The van der Waals surface area contributed by atoms with Crippen LogP contribution in [0, 0.1) is 5.92 Å². The van der Waals surface area contributed by atoms with Crippen LogP contribution in [0.2, 0.25) is 0 Å². The summed E-state index contributed by atoms with van der Waals surface area (Å²) in [7, 11) is 0. The molecule has 0 spiro atoms. The van der Waals surface area contributed by atoms with E-state index in [2.05, 4.69) is 16.8 Å². The first-order chi connectivity index (χ1) is 7.81. The fraction of sp³-hybridized carbons (Fsp3) is 0.667. The average Bonchev–Trinajstić information content (AvgIpc) is 2.89. The van der Waals surface area contributed by atoms with Crippen molar-refractivity contribution in [3.8, 4) is 0 Å². The molecule has 1 aliphatic rings. The number of nitrogens with zero attached hydrogens (tertiary/aromatic N) is 2. The van der Waals surface area contributed by atoms with Crippen molar-refractivity contribution >= 4 is 17.6 Å². The molecule has 16 heavy (non-hydrogen) atoms. The van der Waals surface area contributed by atoms with Gasteiger partial charge in [0.25, 0.3) is 0 Å². The summed E-state index contributed by atoms with van der Waals surface area (Å²) in [4.78, 5) is 18.4. The Morgan fingerprint density at radius 2 is 2.56 bits per heavy atom. The molecule has 2 heterocycles. The lowest BCUT2D eigenvalue weighted by Gasteiger charge is -2.11. The summed E-state index contributed by atoms with van der Waals surface area (Å²) in [5.41, 5.74) is 0. The van der Waals surface area contributed by atoms with E-state index in [1.165, 1.54) is 24.5 Å². The third-order valence-corrected chi connectivity index (χ3v) is 4.21. The fourth-order valence-corrected chi connectivity index (χ4v) is 3.22. The molecule has 1 saturated heterocycles. The van der Waals surface area contributed by atoms with E-state index in [0.717, 1.165) is 30.0 Å². The van der Waals surface area contributed by atoms with Gasteiger partial charge in [-0.1, -0.05) is 6.92 Å². The number of aldehydes is 1. The average molecular weight is 238 g/mol. The summed E-state index contributed by atoms with van der Waals surface area (Å²) in [6, 6.07) is 0. The molecule has 2 rings (SSSR count). The van der Waals surface area contributed by atoms with Crippen LogP contribution in [0.1, 0.15) is 23.2 Å². The Labute approximate surface area is 100 Å². The van der Waals surface area contributed by atoms with Crippen LogP contribution in [0.4, 0.5) is 0 Å². The molecule has 0 saturated carbocycles. The summed E-state index contributed by atoms with van der Waals surface area (Å²) >= 11 is 1.69. The van der Waals surface area contributed by atoms with Crippen LogP contribution in [0.3, 0.4) is 0 Å². The number of rotatable bonds is 5. The van der Waals surface area contributed by atoms with Gasteiger partial charge in [0.2, 0.25) is 0 Å². The Kier molecular flexibility index (Phi) is 4.07. The van der Waals surface area contributed by atoms with Gasteiger partial charge in [-0.25, -0.2) is 4.98 Å². The van der Waals surface area contributed by atoms with Crippen molar-refractivity contribution < 1.29 is 4.79 Å². The highest BCUT2D eigenvalue weighted by Crippen LogP contribution is 2.23.